The number of hydrogen-bond donors (Lipinski definition) is 1. The second-order valence-corrected chi connectivity index (χ2v) is 9.50. The lowest BCUT2D eigenvalue weighted by Crippen LogP contribution is -2.39. The largest absolute Gasteiger partial charge is 0.348 e. The lowest BCUT2D eigenvalue weighted by molar-refractivity contribution is 0.0689. The topological polar surface area (TPSA) is 71.0 Å². The number of nitrogens with one attached hydrogen (secondary N) is 1. The number of carbonyl (C=O) groups is 1. The zero-order valence-corrected chi connectivity index (χ0v) is 18.8. The van der Waals surface area contributed by atoms with Crippen molar-refractivity contribution < 1.29 is 9.18 Å². The number of halogens is 1. The quantitative estimate of drug-likeness (QED) is 0.670. The molecule has 0 radical (unpaired) electrons. The van der Waals surface area contributed by atoms with Crippen molar-refractivity contribution in [1.82, 2.24) is 19.7 Å². The molecule has 1 aliphatic rings. The number of carbonyl (C=O) groups excluding carboxylic acids is 1. The summed E-state index contributed by atoms with van der Waals surface area (Å²) in [5, 5.41) is 6.58. The smallest absolute Gasteiger partial charge is 0.339 e. The average Bonchev–Trinajstić information content (AvgIpc) is 3.13. The van der Waals surface area contributed by atoms with Crippen molar-refractivity contribution in [2.75, 3.05) is 13.1 Å². The number of piperidine rings is 1. The lowest BCUT2D eigenvalue weighted by Gasteiger charge is -2.32. The average molecular weight is 437 g/mol. The zero-order valence-electron chi connectivity index (χ0n) is 18.8. The molecular formula is C25H29FN4O2. The lowest BCUT2D eigenvalue weighted by atomic mass is 9.86. The van der Waals surface area contributed by atoms with E-state index in [1.807, 2.05) is 29.2 Å². The maximum atomic E-state index is 14.2. The summed E-state index contributed by atoms with van der Waals surface area (Å²) < 4.78 is 15.5. The zero-order chi connectivity index (χ0) is 22.9. The van der Waals surface area contributed by atoms with Gasteiger partial charge in [0.1, 0.15) is 11.6 Å². The molecule has 0 unspecified atom stereocenters. The molecule has 32 heavy (non-hydrogen) atoms. The normalized spacial score (nSPS) is 15.2. The number of aromatic nitrogens is 3. The minimum Gasteiger partial charge on any atom is -0.339 e. The van der Waals surface area contributed by atoms with E-state index in [1.54, 1.807) is 18.2 Å². The second kappa shape index (κ2) is 8.73. The molecular weight excluding hydrogens is 407 g/mol. The van der Waals surface area contributed by atoms with Gasteiger partial charge in [0, 0.05) is 25.1 Å². The molecule has 4 rings (SSSR count). The Labute approximate surface area is 187 Å². The van der Waals surface area contributed by atoms with E-state index in [1.165, 1.54) is 16.2 Å². The van der Waals surface area contributed by atoms with Crippen LogP contribution in [0.3, 0.4) is 0 Å². The minimum absolute atomic E-state index is 0.0481. The van der Waals surface area contributed by atoms with Gasteiger partial charge in [0.25, 0.3) is 5.91 Å². The predicted octanol–water partition coefficient (Wildman–Crippen LogP) is 4.09. The van der Waals surface area contributed by atoms with Crippen LogP contribution in [-0.4, -0.2) is 38.7 Å². The summed E-state index contributed by atoms with van der Waals surface area (Å²) in [4.78, 5) is 27.1. The van der Waals surface area contributed by atoms with E-state index in [0.717, 1.165) is 12.8 Å². The van der Waals surface area contributed by atoms with Crippen LogP contribution in [0.4, 0.5) is 4.39 Å². The number of nitrogens with zero attached hydrogens (tertiary/aromatic N) is 3. The first kappa shape index (κ1) is 22.0. The first-order valence-corrected chi connectivity index (χ1v) is 11.0. The molecule has 1 aliphatic heterocycles. The Morgan fingerprint density at radius 2 is 1.75 bits per heavy atom. The van der Waals surface area contributed by atoms with Crippen molar-refractivity contribution in [2.45, 2.75) is 45.4 Å². The van der Waals surface area contributed by atoms with Crippen molar-refractivity contribution in [1.29, 1.82) is 0 Å². The molecule has 2 aromatic carbocycles. The molecule has 2 heterocycles. The summed E-state index contributed by atoms with van der Waals surface area (Å²) in [5.74, 6) is 0.368. The Kier molecular flexibility index (Phi) is 6.00. The summed E-state index contributed by atoms with van der Waals surface area (Å²) in [6.45, 7) is 7.76. The van der Waals surface area contributed by atoms with Crippen LogP contribution < -0.4 is 5.69 Å². The Bertz CT molecular complexity index is 1150. The van der Waals surface area contributed by atoms with Crippen LogP contribution in [0.15, 0.2) is 53.3 Å². The molecule has 1 aromatic heterocycles. The maximum absolute atomic E-state index is 14.2. The first-order valence-electron chi connectivity index (χ1n) is 11.0. The molecule has 0 bridgehead atoms. The molecule has 1 saturated heterocycles. The van der Waals surface area contributed by atoms with Crippen LogP contribution in [0, 0.1) is 11.7 Å². The van der Waals surface area contributed by atoms with Crippen molar-refractivity contribution >= 4 is 5.91 Å². The fourth-order valence-corrected chi connectivity index (χ4v) is 4.24. The number of aromatic amines is 1. The van der Waals surface area contributed by atoms with Crippen LogP contribution in [-0.2, 0) is 11.8 Å². The standard InChI is InChI=1S/C25H29FN4O2/c1-25(2,3)19-10-8-18(9-11-19)23(31)29-14-12-17(13-15-29)16-22-27-28-24(32)30(22)21-7-5-4-6-20(21)26/h4-11,17H,12-16H2,1-3H3,(H,28,32). The molecule has 0 saturated carbocycles. The number of benzene rings is 2. The third kappa shape index (κ3) is 4.52. The molecule has 168 valence electrons. The first-order chi connectivity index (χ1) is 15.2. The SMILES string of the molecule is CC(C)(C)c1ccc(C(=O)N2CCC(Cc3n[nH]c(=O)n3-c3ccccc3F)CC2)cc1. The van der Waals surface area contributed by atoms with E-state index in [0.29, 0.717) is 30.9 Å². The van der Waals surface area contributed by atoms with Crippen LogP contribution in [0.2, 0.25) is 0 Å². The van der Waals surface area contributed by atoms with E-state index >= 15 is 0 Å². The van der Waals surface area contributed by atoms with E-state index in [2.05, 4.69) is 31.0 Å². The van der Waals surface area contributed by atoms with Crippen molar-refractivity contribution in [2.24, 2.45) is 5.92 Å². The summed E-state index contributed by atoms with van der Waals surface area (Å²) >= 11 is 0. The molecule has 0 atom stereocenters. The van der Waals surface area contributed by atoms with Gasteiger partial charge >= 0.3 is 5.69 Å². The highest BCUT2D eigenvalue weighted by atomic mass is 19.1. The summed E-state index contributed by atoms with van der Waals surface area (Å²) in [6.07, 6.45) is 2.17. The molecule has 7 heteroatoms. The number of likely N-dealkylation sites (tertiary alicyclic amines) is 1. The van der Waals surface area contributed by atoms with Gasteiger partial charge in [-0.15, -0.1) is 0 Å². The number of para-hydroxylation sites is 1. The van der Waals surface area contributed by atoms with E-state index in [-0.39, 0.29) is 22.9 Å². The van der Waals surface area contributed by atoms with Crippen LogP contribution in [0.5, 0.6) is 0 Å². The van der Waals surface area contributed by atoms with Gasteiger partial charge in [0.15, 0.2) is 0 Å². The van der Waals surface area contributed by atoms with Gasteiger partial charge < -0.3 is 4.90 Å². The maximum Gasteiger partial charge on any atom is 0.348 e. The summed E-state index contributed by atoms with van der Waals surface area (Å²) in [6, 6.07) is 14.1. The molecule has 1 fully saturated rings. The highest BCUT2D eigenvalue weighted by molar-refractivity contribution is 5.94. The van der Waals surface area contributed by atoms with Crippen LogP contribution >= 0.6 is 0 Å². The number of H-pyrrole nitrogens is 1. The molecule has 0 aliphatic carbocycles. The fourth-order valence-electron chi connectivity index (χ4n) is 4.24. The minimum atomic E-state index is -0.463. The van der Waals surface area contributed by atoms with E-state index < -0.39 is 11.5 Å². The van der Waals surface area contributed by atoms with Crippen molar-refractivity contribution in [3.05, 3.63) is 81.8 Å². The summed E-state index contributed by atoms with van der Waals surface area (Å²) in [5.41, 5.74) is 1.71. The van der Waals surface area contributed by atoms with Gasteiger partial charge in [-0.1, -0.05) is 45.0 Å². The third-order valence-corrected chi connectivity index (χ3v) is 6.21. The van der Waals surface area contributed by atoms with Gasteiger partial charge in [0.2, 0.25) is 0 Å². The Balaban J connectivity index is 1.41. The van der Waals surface area contributed by atoms with Gasteiger partial charge in [0.05, 0.1) is 5.69 Å². The molecule has 1 N–H and O–H groups in total. The second-order valence-electron chi connectivity index (χ2n) is 9.50. The van der Waals surface area contributed by atoms with Gasteiger partial charge in [-0.05, 0) is 54.0 Å². The Hall–Kier alpha value is -3.22. The Morgan fingerprint density at radius 3 is 2.38 bits per heavy atom. The number of rotatable bonds is 4. The van der Waals surface area contributed by atoms with Gasteiger partial charge in [-0.2, -0.15) is 5.10 Å². The predicted molar refractivity (Wildman–Crippen MR) is 122 cm³/mol. The monoisotopic (exact) mass is 436 g/mol. The fraction of sp³-hybridized carbons (Fsp3) is 0.400. The molecule has 0 spiro atoms. The molecule has 1 amide bonds. The van der Waals surface area contributed by atoms with Crippen molar-refractivity contribution in [3.8, 4) is 5.69 Å². The van der Waals surface area contributed by atoms with Gasteiger partial charge in [-0.25, -0.2) is 18.9 Å². The van der Waals surface area contributed by atoms with E-state index in [4.69, 9.17) is 0 Å². The van der Waals surface area contributed by atoms with Crippen molar-refractivity contribution in [3.63, 3.8) is 0 Å². The summed E-state index contributed by atoms with van der Waals surface area (Å²) in [7, 11) is 0. The molecule has 3 aromatic rings. The number of amides is 1. The highest BCUT2D eigenvalue weighted by Gasteiger charge is 2.26. The van der Waals surface area contributed by atoms with Crippen LogP contribution in [0.25, 0.3) is 5.69 Å². The highest BCUT2D eigenvalue weighted by Crippen LogP contribution is 2.25. The Morgan fingerprint density at radius 1 is 1.09 bits per heavy atom. The molecule has 6 nitrogen and oxygen atoms in total. The number of hydrogen-bond acceptors (Lipinski definition) is 3. The van der Waals surface area contributed by atoms with Crippen LogP contribution in [0.1, 0.15) is 55.4 Å². The third-order valence-electron chi connectivity index (χ3n) is 6.21. The van der Waals surface area contributed by atoms with Gasteiger partial charge in [-0.3, -0.25) is 4.79 Å². The van der Waals surface area contributed by atoms with E-state index in [9.17, 15) is 14.0 Å².